The van der Waals surface area contributed by atoms with E-state index in [1.54, 1.807) is 12.1 Å². The molecular weight excluding hydrogens is 332 g/mol. The van der Waals surface area contributed by atoms with Gasteiger partial charge in [0.05, 0.1) is 12.6 Å². The molecule has 2 aliphatic heterocycles. The molecule has 2 N–H and O–H groups in total. The molecule has 142 valence electrons. The lowest BCUT2D eigenvalue weighted by atomic mass is 10.0. The maximum Gasteiger partial charge on any atom is 0.314 e. The van der Waals surface area contributed by atoms with Crippen LogP contribution < -0.4 is 15.4 Å². The summed E-state index contributed by atoms with van der Waals surface area (Å²) in [7, 11) is 0. The summed E-state index contributed by atoms with van der Waals surface area (Å²) in [4.78, 5) is 27.9. The molecule has 0 bridgehead atoms. The summed E-state index contributed by atoms with van der Waals surface area (Å²) in [5.41, 5.74) is 0. The van der Waals surface area contributed by atoms with Crippen LogP contribution in [0.4, 0.5) is 0 Å². The lowest BCUT2D eigenvalue weighted by molar-refractivity contribution is -0.136. The van der Waals surface area contributed by atoms with Gasteiger partial charge in [-0.15, -0.1) is 0 Å². The number of benzene rings is 1. The van der Waals surface area contributed by atoms with Crippen molar-refractivity contribution in [2.45, 2.75) is 31.5 Å². The van der Waals surface area contributed by atoms with Crippen molar-refractivity contribution in [3.8, 4) is 5.75 Å². The van der Waals surface area contributed by atoms with E-state index < -0.39 is 0 Å². The molecule has 0 spiro atoms. The lowest BCUT2D eigenvalue weighted by Gasteiger charge is -2.43. The van der Waals surface area contributed by atoms with Crippen LogP contribution in [0.1, 0.15) is 19.3 Å². The first kappa shape index (κ1) is 18.8. The zero-order valence-electron chi connectivity index (χ0n) is 15.1. The molecule has 0 radical (unpaired) electrons. The number of carbonyl (C=O) groups is 2. The van der Waals surface area contributed by atoms with Crippen LogP contribution in [0, 0.1) is 0 Å². The van der Waals surface area contributed by atoms with Crippen molar-refractivity contribution in [2.24, 2.45) is 0 Å². The highest BCUT2D eigenvalue weighted by Crippen LogP contribution is 2.17. The number of nitrogens with zero attached hydrogens (tertiary/aromatic N) is 2. The molecule has 1 aromatic rings. The summed E-state index contributed by atoms with van der Waals surface area (Å²) in [5, 5.41) is 6.18. The number of amides is 1. The Bertz CT molecular complexity index is 569. The van der Waals surface area contributed by atoms with E-state index in [0.29, 0.717) is 18.2 Å². The van der Waals surface area contributed by atoms with Gasteiger partial charge in [0.1, 0.15) is 5.75 Å². The minimum atomic E-state index is -0.337. The Morgan fingerprint density at radius 2 is 1.88 bits per heavy atom. The summed E-state index contributed by atoms with van der Waals surface area (Å²) in [5.74, 6) is 0.189. The molecule has 0 aliphatic carbocycles. The Hall–Kier alpha value is -1.96. The topological polar surface area (TPSA) is 73.9 Å². The zero-order valence-corrected chi connectivity index (χ0v) is 15.1. The highest BCUT2D eigenvalue weighted by Gasteiger charge is 2.29. The fourth-order valence-electron chi connectivity index (χ4n) is 3.78. The van der Waals surface area contributed by atoms with Gasteiger partial charge < -0.3 is 15.4 Å². The lowest BCUT2D eigenvalue weighted by Crippen LogP contribution is -2.58. The van der Waals surface area contributed by atoms with Crippen LogP contribution in [0.3, 0.4) is 0 Å². The number of rotatable bonds is 7. The van der Waals surface area contributed by atoms with Gasteiger partial charge >= 0.3 is 5.97 Å². The minimum absolute atomic E-state index is 0.140. The van der Waals surface area contributed by atoms with Crippen molar-refractivity contribution < 1.29 is 14.3 Å². The van der Waals surface area contributed by atoms with E-state index in [1.165, 1.54) is 12.8 Å². The molecule has 7 heteroatoms. The highest BCUT2D eigenvalue weighted by atomic mass is 16.5. The Kier molecular flexibility index (Phi) is 6.99. The van der Waals surface area contributed by atoms with Gasteiger partial charge in [-0.25, -0.2) is 0 Å². The van der Waals surface area contributed by atoms with E-state index in [9.17, 15) is 9.59 Å². The van der Waals surface area contributed by atoms with Crippen molar-refractivity contribution in [3.05, 3.63) is 30.3 Å². The van der Waals surface area contributed by atoms with E-state index in [1.807, 2.05) is 18.2 Å². The van der Waals surface area contributed by atoms with Crippen LogP contribution in [0.2, 0.25) is 0 Å². The van der Waals surface area contributed by atoms with Crippen LogP contribution in [-0.2, 0) is 9.59 Å². The molecule has 1 amide bonds. The van der Waals surface area contributed by atoms with Crippen molar-refractivity contribution >= 4 is 12.4 Å². The largest absolute Gasteiger partial charge is 0.426 e. The Labute approximate surface area is 154 Å². The van der Waals surface area contributed by atoms with Crippen LogP contribution >= 0.6 is 0 Å². The fraction of sp³-hybridized carbons (Fsp3) is 0.579. The molecular formula is C19H28N4O3. The zero-order chi connectivity index (χ0) is 18.2. The third kappa shape index (κ3) is 5.27. The molecule has 1 unspecified atom stereocenters. The van der Waals surface area contributed by atoms with Gasteiger partial charge in [-0.1, -0.05) is 18.2 Å². The first-order valence-electron chi connectivity index (χ1n) is 9.40. The third-order valence-corrected chi connectivity index (χ3v) is 5.21. The number of ether oxygens (including phenoxy) is 1. The molecule has 2 heterocycles. The van der Waals surface area contributed by atoms with E-state index >= 15 is 0 Å². The summed E-state index contributed by atoms with van der Waals surface area (Å²) >= 11 is 0. The van der Waals surface area contributed by atoms with E-state index in [4.69, 9.17) is 4.74 Å². The number of carbonyl (C=O) groups excluding carboxylic acids is 2. The molecule has 7 nitrogen and oxygen atoms in total. The molecule has 2 aliphatic rings. The normalized spacial score (nSPS) is 21.1. The predicted molar refractivity (Wildman–Crippen MR) is 98.7 cm³/mol. The van der Waals surface area contributed by atoms with Gasteiger partial charge in [-0.05, 0) is 38.1 Å². The van der Waals surface area contributed by atoms with Crippen LogP contribution in [0.25, 0.3) is 0 Å². The smallest absolute Gasteiger partial charge is 0.314 e. The maximum absolute atomic E-state index is 12.2. The average molecular weight is 360 g/mol. The first-order chi connectivity index (χ1) is 12.8. The predicted octanol–water partition coefficient (Wildman–Crippen LogP) is 0.424. The Morgan fingerprint density at radius 3 is 2.54 bits per heavy atom. The molecule has 2 fully saturated rings. The molecule has 3 rings (SSSR count). The van der Waals surface area contributed by atoms with Crippen molar-refractivity contribution in [1.29, 1.82) is 0 Å². The van der Waals surface area contributed by atoms with Gasteiger partial charge in [0.25, 0.3) is 0 Å². The minimum Gasteiger partial charge on any atom is -0.426 e. The second kappa shape index (κ2) is 9.66. The monoisotopic (exact) mass is 360 g/mol. The Morgan fingerprint density at radius 1 is 1.19 bits per heavy atom. The number of hydrogen-bond acceptors (Lipinski definition) is 6. The van der Waals surface area contributed by atoms with Crippen LogP contribution in [0.5, 0.6) is 5.75 Å². The van der Waals surface area contributed by atoms with Crippen molar-refractivity contribution in [1.82, 2.24) is 20.4 Å². The van der Waals surface area contributed by atoms with Gasteiger partial charge in [-0.2, -0.15) is 0 Å². The SMILES string of the molecule is O=CNC(CC(=O)Oc1ccccc1)N1CCN(C2CCNCC2)CC1. The number of hydrogen-bond donors (Lipinski definition) is 2. The average Bonchev–Trinajstić information content (AvgIpc) is 2.69. The van der Waals surface area contributed by atoms with Gasteiger partial charge in [0, 0.05) is 32.2 Å². The van der Waals surface area contributed by atoms with Crippen LogP contribution in [0.15, 0.2) is 30.3 Å². The molecule has 0 aromatic heterocycles. The second-order valence-electron chi connectivity index (χ2n) is 6.84. The molecule has 26 heavy (non-hydrogen) atoms. The quantitative estimate of drug-likeness (QED) is 0.417. The summed E-state index contributed by atoms with van der Waals surface area (Å²) in [6, 6.07) is 9.66. The Balaban J connectivity index is 1.50. The molecule has 1 aromatic carbocycles. The maximum atomic E-state index is 12.2. The van der Waals surface area contributed by atoms with E-state index in [0.717, 1.165) is 39.3 Å². The summed E-state index contributed by atoms with van der Waals surface area (Å²) < 4.78 is 5.36. The standard InChI is InChI=1S/C19H28N4O3/c24-15-21-18(14-19(25)26-17-4-2-1-3-5-17)23-12-10-22(11-13-23)16-6-8-20-9-7-16/h1-5,15-16,18,20H,6-14H2,(H,21,24). The highest BCUT2D eigenvalue weighted by molar-refractivity contribution is 5.73. The fourth-order valence-corrected chi connectivity index (χ4v) is 3.78. The number of nitrogens with one attached hydrogen (secondary N) is 2. The summed E-state index contributed by atoms with van der Waals surface area (Å²) in [6.45, 7) is 5.80. The number of piperazine rings is 1. The van der Waals surface area contributed by atoms with Crippen molar-refractivity contribution in [3.63, 3.8) is 0 Å². The molecule has 0 saturated carbocycles. The van der Waals surface area contributed by atoms with Crippen molar-refractivity contribution in [2.75, 3.05) is 39.3 Å². The van der Waals surface area contributed by atoms with Crippen LogP contribution in [-0.4, -0.2) is 73.7 Å². The number of para-hydroxylation sites is 1. The van der Waals surface area contributed by atoms with Gasteiger partial charge in [-0.3, -0.25) is 19.4 Å². The third-order valence-electron chi connectivity index (χ3n) is 5.21. The number of piperidine rings is 1. The molecule has 2 saturated heterocycles. The molecule has 1 atom stereocenters. The van der Waals surface area contributed by atoms with Gasteiger partial charge in [0.2, 0.25) is 6.41 Å². The number of esters is 1. The van der Waals surface area contributed by atoms with E-state index in [-0.39, 0.29) is 18.6 Å². The van der Waals surface area contributed by atoms with E-state index in [2.05, 4.69) is 20.4 Å². The second-order valence-corrected chi connectivity index (χ2v) is 6.84. The first-order valence-corrected chi connectivity index (χ1v) is 9.40. The summed E-state index contributed by atoms with van der Waals surface area (Å²) in [6.07, 6.45) is 2.87. The van der Waals surface area contributed by atoms with Gasteiger partial charge in [0.15, 0.2) is 0 Å².